The van der Waals surface area contributed by atoms with E-state index in [0.717, 1.165) is 17.3 Å². The van der Waals surface area contributed by atoms with Gasteiger partial charge in [0.25, 0.3) is 0 Å². The molecule has 0 saturated heterocycles. The summed E-state index contributed by atoms with van der Waals surface area (Å²) in [4.78, 5) is 4.31. The van der Waals surface area contributed by atoms with Gasteiger partial charge in [-0.25, -0.2) is 4.98 Å². The summed E-state index contributed by atoms with van der Waals surface area (Å²) in [6, 6.07) is 8.44. The maximum absolute atomic E-state index is 6.03. The predicted octanol–water partition coefficient (Wildman–Crippen LogP) is 4.55. The van der Waals surface area contributed by atoms with Crippen LogP contribution in [-0.2, 0) is 12.8 Å². The number of hydrogen-bond acceptors (Lipinski definition) is 2. The highest BCUT2D eigenvalue weighted by molar-refractivity contribution is 9.10. The van der Waals surface area contributed by atoms with Gasteiger partial charge in [-0.15, -0.1) is 22.9 Å². The Morgan fingerprint density at radius 2 is 2.00 bits per heavy atom. The standard InChI is InChI=1S/C13H13BrClNS/c14-12-3-1-10(2-4-12)7-11(9-15)8-13-16-5-6-17-13/h1-6,11H,7-9H2. The molecule has 0 saturated carbocycles. The molecule has 4 heteroatoms. The third kappa shape index (κ3) is 4.09. The Hall–Kier alpha value is -0.380. The molecule has 90 valence electrons. The second-order valence-corrected chi connectivity index (χ2v) is 6.18. The molecule has 0 bridgehead atoms. The smallest absolute Gasteiger partial charge is 0.0928 e. The minimum absolute atomic E-state index is 0.462. The molecule has 0 fully saturated rings. The molecule has 1 unspecified atom stereocenters. The van der Waals surface area contributed by atoms with Crippen molar-refractivity contribution in [3.8, 4) is 0 Å². The van der Waals surface area contributed by atoms with Gasteiger partial charge in [-0.3, -0.25) is 0 Å². The van der Waals surface area contributed by atoms with Gasteiger partial charge in [-0.2, -0.15) is 0 Å². The van der Waals surface area contributed by atoms with Gasteiger partial charge in [0.2, 0.25) is 0 Å². The maximum Gasteiger partial charge on any atom is 0.0928 e. The molecule has 0 aliphatic heterocycles. The van der Waals surface area contributed by atoms with Crippen molar-refractivity contribution >= 4 is 38.9 Å². The van der Waals surface area contributed by atoms with Gasteiger partial charge in [-0.1, -0.05) is 28.1 Å². The van der Waals surface area contributed by atoms with E-state index in [1.165, 1.54) is 10.6 Å². The molecular formula is C13H13BrClNS. The molecule has 1 atom stereocenters. The molecule has 0 aliphatic rings. The van der Waals surface area contributed by atoms with Gasteiger partial charge in [-0.05, 0) is 30.0 Å². The number of nitrogens with zero attached hydrogens (tertiary/aromatic N) is 1. The second kappa shape index (κ2) is 6.53. The minimum atomic E-state index is 0.462. The average molecular weight is 331 g/mol. The van der Waals surface area contributed by atoms with Gasteiger partial charge in [0.05, 0.1) is 5.01 Å². The first-order valence-electron chi connectivity index (χ1n) is 5.46. The fraction of sp³-hybridized carbons (Fsp3) is 0.308. The van der Waals surface area contributed by atoms with E-state index in [2.05, 4.69) is 45.2 Å². The SMILES string of the molecule is ClCC(Cc1ccc(Br)cc1)Cc1nccs1. The van der Waals surface area contributed by atoms with Gasteiger partial charge in [0, 0.05) is 28.4 Å². The van der Waals surface area contributed by atoms with E-state index in [0.29, 0.717) is 11.8 Å². The Bertz CT molecular complexity index is 441. The molecule has 0 radical (unpaired) electrons. The maximum atomic E-state index is 6.03. The number of alkyl halides is 1. The Balaban J connectivity index is 1.97. The Kier molecular flexibility index (Phi) is 5.01. The van der Waals surface area contributed by atoms with Crippen LogP contribution in [0.1, 0.15) is 10.6 Å². The first-order valence-corrected chi connectivity index (χ1v) is 7.67. The molecule has 1 aromatic heterocycles. The van der Waals surface area contributed by atoms with Crippen molar-refractivity contribution in [3.05, 3.63) is 50.9 Å². The topological polar surface area (TPSA) is 12.9 Å². The monoisotopic (exact) mass is 329 g/mol. The third-order valence-electron chi connectivity index (χ3n) is 2.60. The van der Waals surface area contributed by atoms with E-state index in [-0.39, 0.29) is 0 Å². The molecule has 0 N–H and O–H groups in total. The fourth-order valence-electron chi connectivity index (χ4n) is 1.74. The number of hydrogen-bond donors (Lipinski definition) is 0. The lowest BCUT2D eigenvalue weighted by molar-refractivity contribution is 0.582. The van der Waals surface area contributed by atoms with E-state index in [1.807, 2.05) is 11.6 Å². The first-order chi connectivity index (χ1) is 8.28. The molecule has 2 aromatic rings. The van der Waals surface area contributed by atoms with E-state index >= 15 is 0 Å². The van der Waals surface area contributed by atoms with E-state index in [4.69, 9.17) is 11.6 Å². The Labute approximate surface area is 119 Å². The van der Waals surface area contributed by atoms with Crippen LogP contribution in [0.2, 0.25) is 0 Å². The average Bonchev–Trinajstić information content (AvgIpc) is 2.84. The largest absolute Gasteiger partial charge is 0.250 e. The van der Waals surface area contributed by atoms with Crippen LogP contribution in [0.25, 0.3) is 0 Å². The van der Waals surface area contributed by atoms with Crippen molar-refractivity contribution in [2.45, 2.75) is 12.8 Å². The van der Waals surface area contributed by atoms with Crippen LogP contribution < -0.4 is 0 Å². The van der Waals surface area contributed by atoms with Crippen molar-refractivity contribution in [2.75, 3.05) is 5.88 Å². The van der Waals surface area contributed by atoms with Gasteiger partial charge < -0.3 is 0 Å². The minimum Gasteiger partial charge on any atom is -0.250 e. The van der Waals surface area contributed by atoms with Gasteiger partial charge >= 0.3 is 0 Å². The van der Waals surface area contributed by atoms with Crippen LogP contribution >= 0.6 is 38.9 Å². The number of halogens is 2. The van der Waals surface area contributed by atoms with Gasteiger partial charge in [0.15, 0.2) is 0 Å². The van der Waals surface area contributed by atoms with Crippen LogP contribution in [-0.4, -0.2) is 10.9 Å². The highest BCUT2D eigenvalue weighted by Crippen LogP contribution is 2.19. The molecule has 0 amide bonds. The van der Waals surface area contributed by atoms with Crippen LogP contribution in [0.5, 0.6) is 0 Å². The number of thiazole rings is 1. The molecule has 1 aromatic carbocycles. The normalized spacial score (nSPS) is 12.6. The Morgan fingerprint density at radius 3 is 2.59 bits per heavy atom. The van der Waals surface area contributed by atoms with Crippen molar-refractivity contribution in [2.24, 2.45) is 5.92 Å². The van der Waals surface area contributed by atoms with Crippen molar-refractivity contribution in [1.29, 1.82) is 0 Å². The lowest BCUT2D eigenvalue weighted by Crippen LogP contribution is -2.09. The molecule has 1 nitrogen and oxygen atoms in total. The number of benzene rings is 1. The lowest BCUT2D eigenvalue weighted by Gasteiger charge is -2.12. The number of aromatic nitrogens is 1. The quantitative estimate of drug-likeness (QED) is 0.733. The zero-order valence-electron chi connectivity index (χ0n) is 9.27. The molecule has 2 rings (SSSR count). The Morgan fingerprint density at radius 1 is 1.24 bits per heavy atom. The zero-order valence-corrected chi connectivity index (χ0v) is 12.4. The van der Waals surface area contributed by atoms with Crippen molar-refractivity contribution < 1.29 is 0 Å². The first kappa shape index (κ1) is 13.1. The third-order valence-corrected chi connectivity index (χ3v) is 4.37. The lowest BCUT2D eigenvalue weighted by atomic mass is 9.98. The van der Waals surface area contributed by atoms with Crippen LogP contribution in [0.4, 0.5) is 0 Å². The number of rotatable bonds is 5. The molecule has 0 aliphatic carbocycles. The molecule has 17 heavy (non-hydrogen) atoms. The van der Waals surface area contributed by atoms with Gasteiger partial charge in [0.1, 0.15) is 0 Å². The van der Waals surface area contributed by atoms with Crippen LogP contribution in [0, 0.1) is 5.92 Å². The molecule has 0 spiro atoms. The summed E-state index contributed by atoms with van der Waals surface area (Å²) < 4.78 is 1.11. The molecular weight excluding hydrogens is 318 g/mol. The predicted molar refractivity (Wildman–Crippen MR) is 77.9 cm³/mol. The van der Waals surface area contributed by atoms with Crippen molar-refractivity contribution in [1.82, 2.24) is 4.98 Å². The fourth-order valence-corrected chi connectivity index (χ4v) is 2.95. The zero-order chi connectivity index (χ0) is 12.1. The second-order valence-electron chi connectivity index (χ2n) is 3.98. The highest BCUT2D eigenvalue weighted by atomic mass is 79.9. The summed E-state index contributed by atoms with van der Waals surface area (Å²) >= 11 is 11.2. The summed E-state index contributed by atoms with van der Waals surface area (Å²) in [6.45, 7) is 0. The summed E-state index contributed by atoms with van der Waals surface area (Å²) in [5, 5.41) is 3.19. The molecule has 1 heterocycles. The van der Waals surface area contributed by atoms with Crippen molar-refractivity contribution in [3.63, 3.8) is 0 Å². The van der Waals surface area contributed by atoms with E-state index in [1.54, 1.807) is 11.3 Å². The van der Waals surface area contributed by atoms with Crippen LogP contribution in [0.3, 0.4) is 0 Å². The van der Waals surface area contributed by atoms with Crippen LogP contribution in [0.15, 0.2) is 40.3 Å². The summed E-state index contributed by atoms with van der Waals surface area (Å²) in [5.74, 6) is 1.14. The summed E-state index contributed by atoms with van der Waals surface area (Å²) in [7, 11) is 0. The van der Waals surface area contributed by atoms with E-state index < -0.39 is 0 Å². The highest BCUT2D eigenvalue weighted by Gasteiger charge is 2.11. The van der Waals surface area contributed by atoms with E-state index in [9.17, 15) is 0 Å². The summed E-state index contributed by atoms with van der Waals surface area (Å²) in [5.41, 5.74) is 1.33. The summed E-state index contributed by atoms with van der Waals surface area (Å²) in [6.07, 6.45) is 3.83.